The maximum absolute atomic E-state index is 12.3. The lowest BCUT2D eigenvalue weighted by molar-refractivity contribution is 0.0836. The average molecular weight is 321 g/mol. The Labute approximate surface area is 138 Å². The number of benzene rings is 1. The van der Waals surface area contributed by atoms with Gasteiger partial charge in [0.25, 0.3) is 0 Å². The van der Waals surface area contributed by atoms with Crippen molar-refractivity contribution in [2.45, 2.75) is 25.0 Å². The number of amides is 2. The van der Waals surface area contributed by atoms with Crippen LogP contribution in [0.3, 0.4) is 0 Å². The van der Waals surface area contributed by atoms with Gasteiger partial charge in [0.05, 0.1) is 19.3 Å². The van der Waals surface area contributed by atoms with Gasteiger partial charge in [-0.05, 0) is 44.6 Å². The number of β-amino-alcohol motifs (C(OH)–C–C–N with tert-alkyl or cyclic N) is 1. The number of likely N-dealkylation sites (tertiary alicyclic amines) is 1. The number of piperidine rings is 1. The van der Waals surface area contributed by atoms with E-state index in [0.717, 1.165) is 24.2 Å². The molecule has 0 saturated carbocycles. The Bertz CT molecular complexity index is 504. The van der Waals surface area contributed by atoms with Crippen LogP contribution in [-0.4, -0.2) is 67.9 Å². The van der Waals surface area contributed by atoms with E-state index in [1.165, 1.54) is 0 Å². The number of nitrogens with zero attached hydrogens (tertiary/aromatic N) is 2. The Morgan fingerprint density at radius 1 is 1.43 bits per heavy atom. The maximum Gasteiger partial charge on any atom is 0.317 e. The van der Waals surface area contributed by atoms with E-state index in [4.69, 9.17) is 4.74 Å². The Hall–Kier alpha value is -1.79. The molecule has 128 valence electrons. The summed E-state index contributed by atoms with van der Waals surface area (Å²) in [6.07, 6.45) is 1.22. The second kappa shape index (κ2) is 8.17. The van der Waals surface area contributed by atoms with Crippen molar-refractivity contribution in [3.63, 3.8) is 0 Å². The van der Waals surface area contributed by atoms with Crippen LogP contribution in [0.5, 0.6) is 5.75 Å². The highest BCUT2D eigenvalue weighted by Crippen LogP contribution is 2.21. The Morgan fingerprint density at radius 2 is 2.13 bits per heavy atom. The molecule has 1 aromatic rings. The number of ether oxygens (including phenoxy) is 1. The van der Waals surface area contributed by atoms with Crippen molar-refractivity contribution in [1.29, 1.82) is 0 Å². The van der Waals surface area contributed by atoms with Gasteiger partial charge in [0, 0.05) is 19.6 Å². The number of carbonyl (C=O) groups is 1. The first-order chi connectivity index (χ1) is 11.0. The van der Waals surface area contributed by atoms with Gasteiger partial charge in [-0.1, -0.05) is 12.1 Å². The lowest BCUT2D eigenvalue weighted by Gasteiger charge is -2.31. The van der Waals surface area contributed by atoms with Crippen LogP contribution in [0.25, 0.3) is 0 Å². The van der Waals surface area contributed by atoms with Crippen molar-refractivity contribution in [3.05, 3.63) is 29.8 Å². The van der Waals surface area contributed by atoms with Gasteiger partial charge in [-0.2, -0.15) is 0 Å². The first-order valence-corrected chi connectivity index (χ1v) is 8.02. The van der Waals surface area contributed by atoms with Gasteiger partial charge < -0.3 is 25.0 Å². The molecule has 1 fully saturated rings. The molecule has 1 saturated heterocycles. The monoisotopic (exact) mass is 321 g/mol. The second-order valence-corrected chi connectivity index (χ2v) is 6.18. The number of methoxy groups -OCH3 is 1. The summed E-state index contributed by atoms with van der Waals surface area (Å²) in [7, 11) is 5.63. The van der Waals surface area contributed by atoms with Gasteiger partial charge in [0.2, 0.25) is 0 Å². The average Bonchev–Trinajstić information content (AvgIpc) is 2.55. The fourth-order valence-electron chi connectivity index (χ4n) is 2.86. The standard InChI is InChI=1S/C17H27N3O3/c1-19(2)16(13-6-8-15(23-3)9-7-13)11-18-17(22)20-10-4-5-14(21)12-20/h6-9,14,16,21H,4-5,10-12H2,1-3H3,(H,18,22). The van der Waals surface area contributed by atoms with Crippen molar-refractivity contribution < 1.29 is 14.6 Å². The summed E-state index contributed by atoms with van der Waals surface area (Å²) in [5.41, 5.74) is 1.12. The third-order valence-electron chi connectivity index (χ3n) is 4.25. The topological polar surface area (TPSA) is 65.0 Å². The van der Waals surface area contributed by atoms with Crippen LogP contribution < -0.4 is 10.1 Å². The zero-order valence-electron chi connectivity index (χ0n) is 14.2. The molecule has 23 heavy (non-hydrogen) atoms. The van der Waals surface area contributed by atoms with Crippen LogP contribution in [0, 0.1) is 0 Å². The van der Waals surface area contributed by atoms with Crippen molar-refractivity contribution in [3.8, 4) is 5.75 Å². The lowest BCUT2D eigenvalue weighted by atomic mass is 10.1. The number of aliphatic hydroxyl groups excluding tert-OH is 1. The summed E-state index contributed by atoms with van der Waals surface area (Å²) in [5, 5.41) is 12.7. The molecular weight excluding hydrogens is 294 g/mol. The smallest absolute Gasteiger partial charge is 0.317 e. The molecule has 0 bridgehead atoms. The zero-order chi connectivity index (χ0) is 16.8. The number of hydrogen-bond donors (Lipinski definition) is 2. The molecule has 1 aliphatic heterocycles. The van der Waals surface area contributed by atoms with E-state index in [-0.39, 0.29) is 12.1 Å². The van der Waals surface area contributed by atoms with Gasteiger partial charge in [-0.25, -0.2) is 4.79 Å². The highest BCUT2D eigenvalue weighted by molar-refractivity contribution is 5.74. The summed E-state index contributed by atoms with van der Waals surface area (Å²) >= 11 is 0. The molecule has 2 atom stereocenters. The highest BCUT2D eigenvalue weighted by Gasteiger charge is 2.23. The third kappa shape index (κ3) is 4.84. The van der Waals surface area contributed by atoms with E-state index in [9.17, 15) is 9.90 Å². The Balaban J connectivity index is 1.95. The van der Waals surface area contributed by atoms with E-state index < -0.39 is 6.10 Å². The largest absolute Gasteiger partial charge is 0.497 e. The number of urea groups is 1. The molecule has 6 heteroatoms. The fraction of sp³-hybridized carbons (Fsp3) is 0.588. The van der Waals surface area contributed by atoms with Crippen molar-refractivity contribution >= 4 is 6.03 Å². The molecule has 2 rings (SSSR count). The third-order valence-corrected chi connectivity index (χ3v) is 4.25. The molecule has 2 amide bonds. The quantitative estimate of drug-likeness (QED) is 0.862. The van der Waals surface area contributed by atoms with Crippen LogP contribution in [0.15, 0.2) is 24.3 Å². The normalized spacial score (nSPS) is 19.5. The van der Waals surface area contributed by atoms with Crippen LogP contribution in [0.1, 0.15) is 24.4 Å². The van der Waals surface area contributed by atoms with Crippen LogP contribution in [0.2, 0.25) is 0 Å². The molecule has 0 aromatic heterocycles. The molecule has 0 aliphatic carbocycles. The molecule has 2 N–H and O–H groups in total. The van der Waals surface area contributed by atoms with Gasteiger partial charge >= 0.3 is 6.03 Å². The number of aliphatic hydroxyl groups is 1. The second-order valence-electron chi connectivity index (χ2n) is 6.18. The molecular formula is C17H27N3O3. The number of nitrogens with one attached hydrogen (secondary N) is 1. The minimum absolute atomic E-state index is 0.0829. The summed E-state index contributed by atoms with van der Waals surface area (Å²) < 4.78 is 5.18. The van der Waals surface area contributed by atoms with Gasteiger partial charge in [0.1, 0.15) is 5.75 Å². The highest BCUT2D eigenvalue weighted by atomic mass is 16.5. The Kier molecular flexibility index (Phi) is 6.24. The zero-order valence-corrected chi connectivity index (χ0v) is 14.2. The summed E-state index contributed by atoms with van der Waals surface area (Å²) in [4.78, 5) is 16.0. The minimum atomic E-state index is -0.402. The van der Waals surface area contributed by atoms with Crippen molar-refractivity contribution in [1.82, 2.24) is 15.1 Å². The van der Waals surface area contributed by atoms with Crippen molar-refractivity contribution in [2.24, 2.45) is 0 Å². The summed E-state index contributed by atoms with van der Waals surface area (Å²) in [5.74, 6) is 0.817. The summed E-state index contributed by atoms with van der Waals surface area (Å²) in [6.45, 7) is 1.64. The number of rotatable bonds is 5. The van der Waals surface area contributed by atoms with Crippen LogP contribution in [-0.2, 0) is 0 Å². The number of hydrogen-bond acceptors (Lipinski definition) is 4. The maximum atomic E-state index is 12.3. The Morgan fingerprint density at radius 3 is 2.70 bits per heavy atom. The van der Waals surface area contributed by atoms with E-state index in [2.05, 4.69) is 10.2 Å². The van der Waals surface area contributed by atoms with Crippen LogP contribution >= 0.6 is 0 Å². The molecule has 1 aromatic carbocycles. The van der Waals surface area contributed by atoms with Gasteiger partial charge in [-0.3, -0.25) is 0 Å². The van der Waals surface area contributed by atoms with Crippen LogP contribution in [0.4, 0.5) is 4.79 Å². The first kappa shape index (κ1) is 17.6. The molecule has 1 aliphatic rings. The fourth-order valence-corrected chi connectivity index (χ4v) is 2.86. The van der Waals surface area contributed by atoms with Gasteiger partial charge in [-0.15, -0.1) is 0 Å². The first-order valence-electron chi connectivity index (χ1n) is 8.02. The molecule has 0 radical (unpaired) electrons. The molecule has 0 spiro atoms. The summed E-state index contributed by atoms with van der Waals surface area (Å²) in [6, 6.07) is 7.85. The predicted octanol–water partition coefficient (Wildman–Crippen LogP) is 1.46. The SMILES string of the molecule is COc1ccc(C(CNC(=O)N2CCCC(O)C2)N(C)C)cc1. The van der Waals surface area contributed by atoms with E-state index in [0.29, 0.717) is 19.6 Å². The van der Waals surface area contributed by atoms with Crippen molar-refractivity contribution in [2.75, 3.05) is 40.8 Å². The molecule has 6 nitrogen and oxygen atoms in total. The lowest BCUT2D eigenvalue weighted by Crippen LogP contribution is -2.48. The number of likely N-dealkylation sites (N-methyl/N-ethyl adjacent to an activating group) is 1. The van der Waals surface area contributed by atoms with E-state index >= 15 is 0 Å². The van der Waals surface area contributed by atoms with E-state index in [1.807, 2.05) is 38.4 Å². The molecule has 1 heterocycles. The van der Waals surface area contributed by atoms with Gasteiger partial charge in [0.15, 0.2) is 0 Å². The number of carbonyl (C=O) groups excluding carboxylic acids is 1. The molecule has 2 unspecified atom stereocenters. The minimum Gasteiger partial charge on any atom is -0.497 e. The predicted molar refractivity (Wildman–Crippen MR) is 89.6 cm³/mol. The van der Waals surface area contributed by atoms with E-state index in [1.54, 1.807) is 12.0 Å².